The van der Waals surface area contributed by atoms with Gasteiger partial charge in [0, 0.05) is 24.7 Å². The molecule has 7 heteroatoms. The second-order valence-electron chi connectivity index (χ2n) is 6.37. The number of carbonyl (C=O) groups is 1. The van der Waals surface area contributed by atoms with E-state index in [4.69, 9.17) is 9.47 Å². The van der Waals surface area contributed by atoms with E-state index in [1.165, 1.54) is 0 Å². The van der Waals surface area contributed by atoms with Crippen LogP contribution < -0.4 is 9.47 Å². The molecular weight excluding hydrogens is 344 g/mol. The normalized spacial score (nSPS) is 15.9. The average molecular weight is 364 g/mol. The third-order valence-electron chi connectivity index (χ3n) is 4.83. The summed E-state index contributed by atoms with van der Waals surface area (Å²) in [6.07, 6.45) is 3.23. The molecular formula is C20H20N4O3. The molecule has 3 heterocycles. The first kappa shape index (κ1) is 17.1. The first-order chi connectivity index (χ1) is 13.2. The molecule has 7 nitrogen and oxygen atoms in total. The number of aromatic amines is 1. The summed E-state index contributed by atoms with van der Waals surface area (Å²) in [6, 6.07) is 11.3. The fraction of sp³-hybridized carbons (Fsp3) is 0.250. The van der Waals surface area contributed by atoms with Crippen LogP contribution in [-0.4, -0.2) is 46.5 Å². The van der Waals surface area contributed by atoms with Crippen LogP contribution in [0.4, 0.5) is 0 Å². The highest BCUT2D eigenvalue weighted by Gasteiger charge is 2.31. The van der Waals surface area contributed by atoms with Crippen molar-refractivity contribution < 1.29 is 14.3 Å². The topological polar surface area (TPSA) is 80.3 Å². The average Bonchev–Trinajstić information content (AvgIpc) is 3.21. The van der Waals surface area contributed by atoms with Crippen molar-refractivity contribution in [3.63, 3.8) is 0 Å². The number of aromatic nitrogens is 3. The SMILES string of the molecule is COc1ccc(C2CN(C(=O)c3ccc(OC)nc3)Cc3[nH]cnc32)cc1. The highest BCUT2D eigenvalue weighted by atomic mass is 16.5. The molecule has 0 saturated carbocycles. The number of H-pyrrole nitrogens is 1. The Bertz CT molecular complexity index is 935. The second kappa shape index (κ2) is 7.11. The lowest BCUT2D eigenvalue weighted by Crippen LogP contribution is -2.38. The van der Waals surface area contributed by atoms with Gasteiger partial charge in [0.05, 0.1) is 44.0 Å². The lowest BCUT2D eigenvalue weighted by Gasteiger charge is -2.32. The van der Waals surface area contributed by atoms with E-state index in [9.17, 15) is 4.79 Å². The van der Waals surface area contributed by atoms with Gasteiger partial charge >= 0.3 is 0 Å². The number of nitrogens with zero attached hydrogens (tertiary/aromatic N) is 3. The molecule has 3 aromatic rings. The Morgan fingerprint density at radius 1 is 1.11 bits per heavy atom. The zero-order valence-corrected chi connectivity index (χ0v) is 15.2. The minimum atomic E-state index is -0.0658. The van der Waals surface area contributed by atoms with Crippen LogP contribution >= 0.6 is 0 Å². The van der Waals surface area contributed by atoms with Crippen LogP contribution in [0.3, 0.4) is 0 Å². The third-order valence-corrected chi connectivity index (χ3v) is 4.83. The second-order valence-corrected chi connectivity index (χ2v) is 6.37. The standard InChI is InChI=1S/C20H20N4O3/c1-26-15-6-3-13(4-7-15)16-10-24(11-17-19(16)23-12-22-17)20(25)14-5-8-18(27-2)21-9-14/h3-9,12,16H,10-11H2,1-2H3,(H,22,23). The van der Waals surface area contributed by atoms with Gasteiger partial charge in [-0.1, -0.05) is 12.1 Å². The molecule has 4 rings (SSSR count). The maximum absolute atomic E-state index is 13.0. The molecule has 0 saturated heterocycles. The van der Waals surface area contributed by atoms with E-state index in [2.05, 4.69) is 15.0 Å². The number of carbonyl (C=O) groups excluding carboxylic acids is 1. The zero-order chi connectivity index (χ0) is 18.8. The Morgan fingerprint density at radius 3 is 2.59 bits per heavy atom. The quantitative estimate of drug-likeness (QED) is 0.770. The van der Waals surface area contributed by atoms with Gasteiger partial charge in [-0.05, 0) is 23.8 Å². The van der Waals surface area contributed by atoms with Gasteiger partial charge in [0.25, 0.3) is 5.91 Å². The van der Waals surface area contributed by atoms with Crippen LogP contribution in [0.1, 0.15) is 33.2 Å². The number of hydrogen-bond acceptors (Lipinski definition) is 5. The van der Waals surface area contributed by atoms with Gasteiger partial charge in [-0.2, -0.15) is 0 Å². The number of methoxy groups -OCH3 is 2. The van der Waals surface area contributed by atoms with Gasteiger partial charge in [0.1, 0.15) is 5.75 Å². The molecule has 0 aliphatic carbocycles. The summed E-state index contributed by atoms with van der Waals surface area (Å²) >= 11 is 0. The molecule has 0 spiro atoms. The van der Waals surface area contributed by atoms with Gasteiger partial charge in [-0.3, -0.25) is 4.79 Å². The maximum atomic E-state index is 13.0. The number of benzene rings is 1. The number of amides is 1. The van der Waals surface area contributed by atoms with Crippen molar-refractivity contribution in [3.05, 3.63) is 71.4 Å². The number of ether oxygens (including phenoxy) is 2. The third kappa shape index (κ3) is 3.23. The molecule has 1 aromatic carbocycles. The van der Waals surface area contributed by atoms with Crippen molar-refractivity contribution in [3.8, 4) is 11.6 Å². The molecule has 138 valence electrons. The number of imidazole rings is 1. The first-order valence-corrected chi connectivity index (χ1v) is 8.65. The molecule has 1 atom stereocenters. The predicted molar refractivity (Wildman–Crippen MR) is 99.0 cm³/mol. The van der Waals surface area contributed by atoms with E-state index < -0.39 is 0 Å². The van der Waals surface area contributed by atoms with E-state index in [0.29, 0.717) is 24.5 Å². The molecule has 1 amide bonds. The van der Waals surface area contributed by atoms with Gasteiger partial charge in [0.15, 0.2) is 0 Å². The first-order valence-electron chi connectivity index (χ1n) is 8.65. The monoisotopic (exact) mass is 364 g/mol. The summed E-state index contributed by atoms with van der Waals surface area (Å²) in [6.45, 7) is 1.04. The minimum absolute atomic E-state index is 0.000985. The Kier molecular flexibility index (Phi) is 4.50. The highest BCUT2D eigenvalue weighted by molar-refractivity contribution is 5.94. The summed E-state index contributed by atoms with van der Waals surface area (Å²) in [5.41, 5.74) is 3.57. The largest absolute Gasteiger partial charge is 0.497 e. The van der Waals surface area contributed by atoms with E-state index in [-0.39, 0.29) is 11.8 Å². The Balaban J connectivity index is 1.63. The summed E-state index contributed by atoms with van der Waals surface area (Å²) in [4.78, 5) is 26.6. The number of rotatable bonds is 4. The molecule has 1 N–H and O–H groups in total. The van der Waals surface area contributed by atoms with Crippen LogP contribution in [0.5, 0.6) is 11.6 Å². The van der Waals surface area contributed by atoms with E-state index in [1.807, 2.05) is 29.2 Å². The predicted octanol–water partition coefficient (Wildman–Crippen LogP) is 2.61. The molecule has 0 fully saturated rings. The van der Waals surface area contributed by atoms with E-state index >= 15 is 0 Å². The smallest absolute Gasteiger partial charge is 0.255 e. The van der Waals surface area contributed by atoms with Gasteiger partial charge in [0.2, 0.25) is 5.88 Å². The molecule has 0 bridgehead atoms. The molecule has 0 radical (unpaired) electrons. The number of nitrogens with one attached hydrogen (secondary N) is 1. The lowest BCUT2D eigenvalue weighted by atomic mass is 9.90. The maximum Gasteiger partial charge on any atom is 0.255 e. The van der Waals surface area contributed by atoms with Crippen molar-refractivity contribution >= 4 is 5.91 Å². The summed E-state index contributed by atoms with van der Waals surface area (Å²) in [5.74, 6) is 1.22. The minimum Gasteiger partial charge on any atom is -0.497 e. The van der Waals surface area contributed by atoms with Crippen molar-refractivity contribution in [2.75, 3.05) is 20.8 Å². The van der Waals surface area contributed by atoms with Gasteiger partial charge in [-0.15, -0.1) is 0 Å². The summed E-state index contributed by atoms with van der Waals surface area (Å²) in [7, 11) is 3.19. The molecule has 1 unspecified atom stereocenters. The van der Waals surface area contributed by atoms with Gasteiger partial charge in [-0.25, -0.2) is 9.97 Å². The highest BCUT2D eigenvalue weighted by Crippen LogP contribution is 2.33. The Hall–Kier alpha value is -3.35. The number of fused-ring (bicyclic) bond motifs is 1. The fourth-order valence-electron chi connectivity index (χ4n) is 3.39. The van der Waals surface area contributed by atoms with Crippen LogP contribution in [0.15, 0.2) is 48.9 Å². The molecule has 1 aliphatic heterocycles. The van der Waals surface area contributed by atoms with Crippen LogP contribution in [0.2, 0.25) is 0 Å². The van der Waals surface area contributed by atoms with E-state index in [1.54, 1.807) is 38.9 Å². The Morgan fingerprint density at radius 2 is 1.93 bits per heavy atom. The van der Waals surface area contributed by atoms with Crippen molar-refractivity contribution in [2.45, 2.75) is 12.5 Å². The van der Waals surface area contributed by atoms with Gasteiger partial charge < -0.3 is 19.4 Å². The van der Waals surface area contributed by atoms with Crippen LogP contribution in [0, 0.1) is 0 Å². The fourth-order valence-corrected chi connectivity index (χ4v) is 3.39. The molecule has 1 aliphatic rings. The Labute approximate surface area is 157 Å². The molecule has 2 aromatic heterocycles. The van der Waals surface area contributed by atoms with E-state index in [0.717, 1.165) is 22.7 Å². The summed E-state index contributed by atoms with van der Waals surface area (Å²) in [5, 5.41) is 0. The van der Waals surface area contributed by atoms with Crippen LogP contribution in [-0.2, 0) is 6.54 Å². The summed E-state index contributed by atoms with van der Waals surface area (Å²) < 4.78 is 10.3. The zero-order valence-electron chi connectivity index (χ0n) is 15.2. The molecule has 27 heavy (non-hydrogen) atoms. The van der Waals surface area contributed by atoms with Crippen LogP contribution in [0.25, 0.3) is 0 Å². The number of hydrogen-bond donors (Lipinski definition) is 1. The lowest BCUT2D eigenvalue weighted by molar-refractivity contribution is 0.0721. The van der Waals surface area contributed by atoms with Crippen molar-refractivity contribution in [1.82, 2.24) is 19.9 Å². The van der Waals surface area contributed by atoms with Crippen molar-refractivity contribution in [1.29, 1.82) is 0 Å². The number of pyridine rings is 1. The van der Waals surface area contributed by atoms with Crippen molar-refractivity contribution in [2.24, 2.45) is 0 Å².